The summed E-state index contributed by atoms with van der Waals surface area (Å²) < 4.78 is 7.17. The first-order chi connectivity index (χ1) is 11.4. The summed E-state index contributed by atoms with van der Waals surface area (Å²) in [6.07, 6.45) is 2.61. The third-order valence-corrected chi connectivity index (χ3v) is 5.42. The zero-order valence-electron chi connectivity index (χ0n) is 16.8. The van der Waals surface area contributed by atoms with Gasteiger partial charge in [0.05, 0.1) is 5.52 Å². The van der Waals surface area contributed by atoms with E-state index in [4.69, 9.17) is 4.74 Å². The molecule has 25 heavy (non-hydrogen) atoms. The van der Waals surface area contributed by atoms with Crippen LogP contribution in [0, 0.1) is 0 Å². The second-order valence-electron chi connectivity index (χ2n) is 8.66. The molecule has 0 aliphatic carbocycles. The SMILES string of the molecule is CCC(C)Sc1cc2ccn(C(=O)OC(C)(C)C)c2cc1C(C)(C)C. The molecule has 0 bridgehead atoms. The predicted molar refractivity (Wildman–Crippen MR) is 108 cm³/mol. The van der Waals surface area contributed by atoms with E-state index in [1.165, 1.54) is 10.5 Å². The van der Waals surface area contributed by atoms with E-state index in [2.05, 4.69) is 46.8 Å². The molecule has 0 fully saturated rings. The summed E-state index contributed by atoms with van der Waals surface area (Å²) in [6.45, 7) is 16.8. The lowest BCUT2D eigenvalue weighted by Gasteiger charge is -2.25. The number of benzene rings is 1. The zero-order chi connectivity index (χ0) is 19.0. The Hall–Kier alpha value is -1.42. The van der Waals surface area contributed by atoms with Crippen LogP contribution in [0.3, 0.4) is 0 Å². The molecular formula is C21H31NO2S. The largest absolute Gasteiger partial charge is 0.443 e. The summed E-state index contributed by atoms with van der Waals surface area (Å²) in [5.41, 5.74) is 1.68. The van der Waals surface area contributed by atoms with Gasteiger partial charge in [0.2, 0.25) is 0 Å². The van der Waals surface area contributed by atoms with Gasteiger partial charge >= 0.3 is 6.09 Å². The van der Waals surface area contributed by atoms with Crippen molar-refractivity contribution in [3.05, 3.63) is 30.0 Å². The van der Waals surface area contributed by atoms with Crippen LogP contribution in [0.15, 0.2) is 29.3 Å². The molecule has 0 saturated heterocycles. The van der Waals surface area contributed by atoms with Gasteiger partial charge < -0.3 is 4.74 Å². The van der Waals surface area contributed by atoms with E-state index in [0.29, 0.717) is 5.25 Å². The molecule has 0 spiro atoms. The number of aromatic nitrogens is 1. The Bertz CT molecular complexity index is 763. The van der Waals surface area contributed by atoms with Crippen molar-refractivity contribution in [1.29, 1.82) is 0 Å². The number of nitrogens with zero attached hydrogens (tertiary/aromatic N) is 1. The fraction of sp³-hybridized carbons (Fsp3) is 0.571. The van der Waals surface area contributed by atoms with E-state index in [1.54, 1.807) is 4.57 Å². The van der Waals surface area contributed by atoms with Crippen LogP contribution in [-0.4, -0.2) is 21.5 Å². The maximum Gasteiger partial charge on any atom is 0.418 e. The summed E-state index contributed by atoms with van der Waals surface area (Å²) >= 11 is 1.91. The van der Waals surface area contributed by atoms with Crippen LogP contribution in [0.4, 0.5) is 4.79 Å². The summed E-state index contributed by atoms with van der Waals surface area (Å²) in [6, 6.07) is 6.37. The Morgan fingerprint density at radius 3 is 2.36 bits per heavy atom. The number of thioether (sulfide) groups is 1. The molecule has 1 unspecified atom stereocenters. The number of carbonyl (C=O) groups is 1. The highest BCUT2D eigenvalue weighted by Gasteiger charge is 2.23. The third kappa shape index (κ3) is 4.81. The molecule has 0 aliphatic rings. The van der Waals surface area contributed by atoms with Crippen molar-refractivity contribution in [1.82, 2.24) is 4.57 Å². The molecule has 2 rings (SSSR count). The quantitative estimate of drug-likeness (QED) is 0.576. The van der Waals surface area contributed by atoms with Gasteiger partial charge in [-0.25, -0.2) is 4.79 Å². The highest BCUT2D eigenvalue weighted by molar-refractivity contribution is 8.00. The maximum atomic E-state index is 12.5. The Kier molecular flexibility index (Phi) is 5.62. The first-order valence-corrected chi connectivity index (χ1v) is 9.86. The average molecular weight is 362 g/mol. The molecule has 1 aromatic heterocycles. The monoisotopic (exact) mass is 361 g/mol. The van der Waals surface area contributed by atoms with E-state index < -0.39 is 5.60 Å². The van der Waals surface area contributed by atoms with Crippen molar-refractivity contribution in [2.45, 2.75) is 83.0 Å². The lowest BCUT2D eigenvalue weighted by molar-refractivity contribution is 0.0544. The Balaban J connectivity index is 2.55. The summed E-state index contributed by atoms with van der Waals surface area (Å²) in [4.78, 5) is 13.8. The molecule has 1 heterocycles. The number of carbonyl (C=O) groups excluding carboxylic acids is 1. The van der Waals surface area contributed by atoms with Gasteiger partial charge in [-0.1, -0.05) is 34.6 Å². The van der Waals surface area contributed by atoms with Crippen LogP contribution in [-0.2, 0) is 10.2 Å². The summed E-state index contributed by atoms with van der Waals surface area (Å²) in [5, 5.41) is 1.64. The van der Waals surface area contributed by atoms with E-state index in [9.17, 15) is 4.79 Å². The number of fused-ring (bicyclic) bond motifs is 1. The number of ether oxygens (including phenoxy) is 1. The van der Waals surface area contributed by atoms with Crippen LogP contribution in [0.25, 0.3) is 10.9 Å². The van der Waals surface area contributed by atoms with Crippen molar-refractivity contribution in [2.75, 3.05) is 0 Å². The molecular weight excluding hydrogens is 330 g/mol. The molecule has 138 valence electrons. The standard InChI is InChI=1S/C21H31NO2S/c1-9-14(2)25-18-12-15-10-11-22(19(23)24-21(6,7)8)17(15)13-16(18)20(3,4)5/h10-14H,9H2,1-8H3. The van der Waals surface area contributed by atoms with E-state index in [0.717, 1.165) is 17.3 Å². The Morgan fingerprint density at radius 2 is 1.84 bits per heavy atom. The Labute approximate surface area is 156 Å². The fourth-order valence-electron chi connectivity index (χ4n) is 2.62. The van der Waals surface area contributed by atoms with Crippen LogP contribution in [0.1, 0.15) is 67.4 Å². The van der Waals surface area contributed by atoms with E-state index >= 15 is 0 Å². The number of rotatable bonds is 3. The van der Waals surface area contributed by atoms with Crippen molar-refractivity contribution in [3.63, 3.8) is 0 Å². The van der Waals surface area contributed by atoms with Crippen molar-refractivity contribution in [3.8, 4) is 0 Å². The molecule has 0 amide bonds. The second kappa shape index (κ2) is 7.06. The van der Waals surface area contributed by atoms with Gasteiger partial charge in [-0.2, -0.15) is 0 Å². The average Bonchev–Trinajstić information content (AvgIpc) is 2.86. The molecule has 1 atom stereocenters. The molecule has 4 heteroatoms. The topological polar surface area (TPSA) is 31.2 Å². The minimum absolute atomic E-state index is 0.00696. The van der Waals surface area contributed by atoms with Crippen molar-refractivity contribution < 1.29 is 9.53 Å². The van der Waals surface area contributed by atoms with Gasteiger partial charge in [-0.3, -0.25) is 4.57 Å². The molecule has 3 nitrogen and oxygen atoms in total. The normalized spacial score (nSPS) is 13.9. The maximum absolute atomic E-state index is 12.5. The van der Waals surface area contributed by atoms with Crippen molar-refractivity contribution >= 4 is 28.8 Å². The number of hydrogen-bond acceptors (Lipinski definition) is 3. The van der Waals surface area contributed by atoms with Gasteiger partial charge in [0, 0.05) is 21.7 Å². The summed E-state index contributed by atoms with van der Waals surface area (Å²) in [5.74, 6) is 0. The van der Waals surface area contributed by atoms with E-state index in [1.807, 2.05) is 44.8 Å². The highest BCUT2D eigenvalue weighted by atomic mass is 32.2. The molecule has 0 saturated carbocycles. The van der Waals surface area contributed by atoms with Gasteiger partial charge in [-0.05, 0) is 56.4 Å². The fourth-order valence-corrected chi connectivity index (χ4v) is 3.90. The third-order valence-electron chi connectivity index (χ3n) is 4.09. The lowest BCUT2D eigenvalue weighted by Crippen LogP contribution is -2.26. The van der Waals surface area contributed by atoms with Crippen molar-refractivity contribution in [2.24, 2.45) is 0 Å². The first-order valence-electron chi connectivity index (χ1n) is 8.98. The minimum Gasteiger partial charge on any atom is -0.443 e. The second-order valence-corrected chi connectivity index (χ2v) is 10.1. The smallest absolute Gasteiger partial charge is 0.418 e. The van der Waals surface area contributed by atoms with Crippen LogP contribution < -0.4 is 0 Å². The first kappa shape index (κ1) is 19.9. The van der Waals surface area contributed by atoms with Gasteiger partial charge in [0.25, 0.3) is 0 Å². The Morgan fingerprint density at radius 1 is 1.20 bits per heavy atom. The van der Waals surface area contributed by atoms with Gasteiger partial charge in [-0.15, -0.1) is 11.8 Å². The lowest BCUT2D eigenvalue weighted by atomic mass is 9.86. The number of hydrogen-bond donors (Lipinski definition) is 0. The van der Waals surface area contributed by atoms with Gasteiger partial charge in [0.1, 0.15) is 5.60 Å². The highest BCUT2D eigenvalue weighted by Crippen LogP contribution is 2.38. The van der Waals surface area contributed by atoms with Crippen LogP contribution in [0.5, 0.6) is 0 Å². The molecule has 0 aliphatic heterocycles. The molecule has 0 radical (unpaired) electrons. The van der Waals surface area contributed by atoms with E-state index in [-0.39, 0.29) is 11.5 Å². The minimum atomic E-state index is -0.507. The van der Waals surface area contributed by atoms with Gasteiger partial charge in [0.15, 0.2) is 0 Å². The molecule has 1 aromatic carbocycles. The molecule has 2 aromatic rings. The van der Waals surface area contributed by atoms with Crippen LogP contribution in [0.2, 0.25) is 0 Å². The van der Waals surface area contributed by atoms with Crippen LogP contribution >= 0.6 is 11.8 Å². The molecule has 0 N–H and O–H groups in total. The predicted octanol–water partition coefficient (Wildman–Crippen LogP) is 6.61. The zero-order valence-corrected chi connectivity index (χ0v) is 17.6. The summed E-state index contributed by atoms with van der Waals surface area (Å²) in [7, 11) is 0.